The molecule has 0 fully saturated rings. The van der Waals surface area contributed by atoms with Crippen molar-refractivity contribution in [2.24, 2.45) is 0 Å². The van der Waals surface area contributed by atoms with Crippen molar-refractivity contribution in [3.8, 4) is 11.5 Å². The topological polar surface area (TPSA) is 35.5 Å². The third-order valence-electron chi connectivity index (χ3n) is 2.58. The largest absolute Gasteiger partial charge is 0.493 e. The molecule has 0 spiro atoms. The van der Waals surface area contributed by atoms with Crippen LogP contribution in [0.15, 0.2) is 53.0 Å². The van der Waals surface area contributed by atoms with Gasteiger partial charge in [0.1, 0.15) is 17.1 Å². The van der Waals surface area contributed by atoms with E-state index in [9.17, 15) is 4.79 Å². The Hall–Kier alpha value is -1.81. The first-order valence-corrected chi connectivity index (χ1v) is 7.19. The molecule has 0 saturated heterocycles. The van der Waals surface area contributed by atoms with Crippen molar-refractivity contribution in [1.29, 1.82) is 0 Å². The Morgan fingerprint density at radius 1 is 1.15 bits per heavy atom. The van der Waals surface area contributed by atoms with E-state index >= 15 is 0 Å². The Balaban J connectivity index is 2.21. The Bertz CT molecular complexity index is 582. The average Bonchev–Trinajstić information content (AvgIpc) is 2.47. The lowest BCUT2D eigenvalue weighted by molar-refractivity contribution is 0.0730. The fourth-order valence-corrected chi connectivity index (χ4v) is 2.01. The van der Waals surface area contributed by atoms with Gasteiger partial charge in [0, 0.05) is 4.47 Å². The van der Waals surface area contributed by atoms with Gasteiger partial charge in [0.2, 0.25) is 0 Å². The fourth-order valence-electron chi connectivity index (χ4n) is 1.65. The monoisotopic (exact) mass is 334 g/mol. The molecule has 0 radical (unpaired) electrons. The van der Waals surface area contributed by atoms with Crippen molar-refractivity contribution in [1.82, 2.24) is 0 Å². The van der Waals surface area contributed by atoms with E-state index in [0.717, 1.165) is 10.9 Å². The summed E-state index contributed by atoms with van der Waals surface area (Å²) in [6.45, 7) is 2.58. The van der Waals surface area contributed by atoms with Gasteiger partial charge in [0.25, 0.3) is 0 Å². The first-order valence-electron chi connectivity index (χ1n) is 6.40. The molecule has 0 aliphatic heterocycles. The van der Waals surface area contributed by atoms with Crippen LogP contribution in [0, 0.1) is 0 Å². The second-order valence-corrected chi connectivity index (χ2v) is 5.11. The minimum Gasteiger partial charge on any atom is -0.493 e. The Morgan fingerprint density at radius 2 is 1.90 bits per heavy atom. The number of hydrogen-bond donors (Lipinski definition) is 0. The number of halogens is 1. The minimum absolute atomic E-state index is 0.414. The lowest BCUT2D eigenvalue weighted by atomic mass is 10.2. The molecular weight excluding hydrogens is 320 g/mol. The van der Waals surface area contributed by atoms with Gasteiger partial charge in [-0.1, -0.05) is 41.1 Å². The van der Waals surface area contributed by atoms with E-state index in [1.807, 2.05) is 31.2 Å². The molecule has 2 rings (SSSR count). The number of carbonyl (C=O) groups is 1. The van der Waals surface area contributed by atoms with Crippen LogP contribution in [0.3, 0.4) is 0 Å². The molecule has 0 N–H and O–H groups in total. The highest BCUT2D eigenvalue weighted by Gasteiger charge is 2.15. The SMILES string of the molecule is CCCOc1ccc(Br)cc1C(=O)Oc1ccccc1. The number of benzene rings is 2. The molecule has 2 aromatic carbocycles. The van der Waals surface area contributed by atoms with Gasteiger partial charge in [0.05, 0.1) is 6.61 Å². The van der Waals surface area contributed by atoms with E-state index in [0.29, 0.717) is 23.7 Å². The summed E-state index contributed by atoms with van der Waals surface area (Å²) in [6.07, 6.45) is 0.878. The van der Waals surface area contributed by atoms with Crippen molar-refractivity contribution in [3.05, 3.63) is 58.6 Å². The maximum absolute atomic E-state index is 12.2. The van der Waals surface area contributed by atoms with E-state index in [1.54, 1.807) is 24.3 Å². The molecule has 0 aliphatic carbocycles. The molecule has 3 nitrogen and oxygen atoms in total. The Labute approximate surface area is 126 Å². The van der Waals surface area contributed by atoms with Gasteiger partial charge in [-0.15, -0.1) is 0 Å². The normalized spacial score (nSPS) is 10.1. The van der Waals surface area contributed by atoms with Crippen molar-refractivity contribution >= 4 is 21.9 Å². The maximum Gasteiger partial charge on any atom is 0.347 e. The van der Waals surface area contributed by atoms with Crippen LogP contribution in [0.1, 0.15) is 23.7 Å². The summed E-state index contributed by atoms with van der Waals surface area (Å²) in [5.41, 5.74) is 0.414. The zero-order chi connectivity index (χ0) is 14.4. The van der Waals surface area contributed by atoms with E-state index in [2.05, 4.69) is 15.9 Å². The number of ether oxygens (including phenoxy) is 2. The summed E-state index contributed by atoms with van der Waals surface area (Å²) < 4.78 is 11.7. The highest BCUT2D eigenvalue weighted by molar-refractivity contribution is 9.10. The summed E-state index contributed by atoms with van der Waals surface area (Å²) in [6, 6.07) is 14.3. The van der Waals surface area contributed by atoms with Crippen LogP contribution in [0.5, 0.6) is 11.5 Å². The fraction of sp³-hybridized carbons (Fsp3) is 0.188. The van der Waals surface area contributed by atoms with Crippen LogP contribution >= 0.6 is 15.9 Å². The number of esters is 1. The number of carbonyl (C=O) groups excluding carboxylic acids is 1. The van der Waals surface area contributed by atoms with Gasteiger partial charge >= 0.3 is 5.97 Å². The zero-order valence-electron chi connectivity index (χ0n) is 11.1. The maximum atomic E-state index is 12.2. The summed E-state index contributed by atoms with van der Waals surface area (Å²) in [5, 5.41) is 0. The molecule has 0 aliphatic rings. The van der Waals surface area contributed by atoms with Gasteiger partial charge < -0.3 is 9.47 Å². The molecule has 0 heterocycles. The predicted octanol–water partition coefficient (Wildman–Crippen LogP) is 4.46. The van der Waals surface area contributed by atoms with Crippen molar-refractivity contribution in [2.45, 2.75) is 13.3 Å². The van der Waals surface area contributed by atoms with Crippen LogP contribution < -0.4 is 9.47 Å². The molecule has 0 saturated carbocycles. The van der Waals surface area contributed by atoms with Crippen LogP contribution in [-0.4, -0.2) is 12.6 Å². The average molecular weight is 335 g/mol. The van der Waals surface area contributed by atoms with Gasteiger partial charge in [-0.05, 0) is 36.8 Å². The molecule has 0 atom stereocenters. The predicted molar refractivity (Wildman–Crippen MR) is 81.3 cm³/mol. The van der Waals surface area contributed by atoms with Gasteiger partial charge in [0.15, 0.2) is 0 Å². The van der Waals surface area contributed by atoms with Gasteiger partial charge in [-0.2, -0.15) is 0 Å². The smallest absolute Gasteiger partial charge is 0.347 e. The Kier molecular flexibility index (Phi) is 5.18. The molecule has 2 aromatic rings. The molecule has 104 valence electrons. The molecule has 20 heavy (non-hydrogen) atoms. The van der Waals surface area contributed by atoms with Crippen LogP contribution in [-0.2, 0) is 0 Å². The molecule has 0 unspecified atom stereocenters. The van der Waals surface area contributed by atoms with Crippen molar-refractivity contribution in [2.75, 3.05) is 6.61 Å². The first kappa shape index (κ1) is 14.6. The molecular formula is C16H15BrO3. The Morgan fingerprint density at radius 3 is 2.60 bits per heavy atom. The molecule has 4 heteroatoms. The van der Waals surface area contributed by atoms with Crippen LogP contribution in [0.4, 0.5) is 0 Å². The van der Waals surface area contributed by atoms with Crippen molar-refractivity contribution < 1.29 is 14.3 Å². The second-order valence-electron chi connectivity index (χ2n) is 4.19. The van der Waals surface area contributed by atoms with Crippen molar-refractivity contribution in [3.63, 3.8) is 0 Å². The molecule has 0 bridgehead atoms. The standard InChI is InChI=1S/C16H15BrO3/c1-2-10-19-15-9-8-12(17)11-14(15)16(18)20-13-6-4-3-5-7-13/h3-9,11H,2,10H2,1H3. The van der Waals surface area contributed by atoms with E-state index in [-0.39, 0.29) is 0 Å². The van der Waals surface area contributed by atoms with E-state index in [4.69, 9.17) is 9.47 Å². The lowest BCUT2D eigenvalue weighted by Crippen LogP contribution is -2.11. The summed E-state index contributed by atoms with van der Waals surface area (Å²) in [4.78, 5) is 12.2. The van der Waals surface area contributed by atoms with Gasteiger partial charge in [-0.3, -0.25) is 0 Å². The van der Waals surface area contributed by atoms with Crippen LogP contribution in [0.2, 0.25) is 0 Å². The minimum atomic E-state index is -0.427. The summed E-state index contributed by atoms with van der Waals surface area (Å²) >= 11 is 3.35. The third-order valence-corrected chi connectivity index (χ3v) is 3.07. The zero-order valence-corrected chi connectivity index (χ0v) is 12.7. The second kappa shape index (κ2) is 7.10. The summed E-state index contributed by atoms with van der Waals surface area (Å²) in [7, 11) is 0. The quantitative estimate of drug-likeness (QED) is 0.598. The number of hydrogen-bond acceptors (Lipinski definition) is 3. The van der Waals surface area contributed by atoms with E-state index in [1.165, 1.54) is 0 Å². The van der Waals surface area contributed by atoms with Crippen LogP contribution in [0.25, 0.3) is 0 Å². The number of rotatable bonds is 5. The molecule has 0 amide bonds. The van der Waals surface area contributed by atoms with Gasteiger partial charge in [-0.25, -0.2) is 4.79 Å². The highest BCUT2D eigenvalue weighted by Crippen LogP contribution is 2.25. The van der Waals surface area contributed by atoms with E-state index < -0.39 is 5.97 Å². The lowest BCUT2D eigenvalue weighted by Gasteiger charge is -2.11. The summed E-state index contributed by atoms with van der Waals surface area (Å²) in [5.74, 6) is 0.624. The first-order chi connectivity index (χ1) is 9.70. The molecule has 0 aromatic heterocycles. The number of para-hydroxylation sites is 1. The highest BCUT2D eigenvalue weighted by atomic mass is 79.9. The third kappa shape index (κ3) is 3.84.